The highest BCUT2D eigenvalue weighted by molar-refractivity contribution is 5.96. The van der Waals surface area contributed by atoms with Crippen LogP contribution in [0.4, 0.5) is 10.1 Å². The Morgan fingerprint density at radius 2 is 2.00 bits per heavy atom. The number of likely N-dealkylation sites (tertiary alicyclic amines) is 1. The van der Waals surface area contributed by atoms with E-state index in [2.05, 4.69) is 5.32 Å². The summed E-state index contributed by atoms with van der Waals surface area (Å²) in [6.45, 7) is 2.09. The van der Waals surface area contributed by atoms with Gasteiger partial charge in [0.1, 0.15) is 5.82 Å². The van der Waals surface area contributed by atoms with Crippen molar-refractivity contribution in [2.75, 3.05) is 18.5 Å². The van der Waals surface area contributed by atoms with Crippen molar-refractivity contribution in [3.05, 3.63) is 64.9 Å². The molecule has 1 aliphatic carbocycles. The van der Waals surface area contributed by atoms with Crippen molar-refractivity contribution in [1.29, 1.82) is 0 Å². The summed E-state index contributed by atoms with van der Waals surface area (Å²) in [5.41, 5.74) is 1.57. The summed E-state index contributed by atoms with van der Waals surface area (Å²) in [5.74, 6) is -2.23. The van der Waals surface area contributed by atoms with E-state index in [1.165, 1.54) is 29.9 Å². The molecule has 4 rings (SSSR count). The van der Waals surface area contributed by atoms with Crippen LogP contribution in [0.25, 0.3) is 0 Å². The van der Waals surface area contributed by atoms with Crippen LogP contribution in [0.3, 0.4) is 0 Å². The number of esters is 1. The third-order valence-corrected chi connectivity index (χ3v) is 6.69. The van der Waals surface area contributed by atoms with E-state index >= 15 is 0 Å². The first-order valence-corrected chi connectivity index (χ1v) is 11.9. The highest BCUT2D eigenvalue weighted by Gasteiger charge is 2.41. The minimum Gasteiger partial charge on any atom is -0.466 e. The number of hydrogen-bond acceptors (Lipinski definition) is 4. The van der Waals surface area contributed by atoms with E-state index in [1.54, 1.807) is 19.1 Å². The van der Waals surface area contributed by atoms with Gasteiger partial charge in [0.05, 0.1) is 25.5 Å². The Morgan fingerprint density at radius 3 is 2.73 bits per heavy atom. The Morgan fingerprint density at radius 1 is 1.18 bits per heavy atom. The van der Waals surface area contributed by atoms with Crippen molar-refractivity contribution < 1.29 is 21.5 Å². The number of hydrogen-bond donors (Lipinski definition) is 1. The lowest BCUT2D eigenvalue weighted by atomic mass is 9.84. The molecule has 0 aromatic heterocycles. The molecule has 6 heteroatoms. The fourth-order valence-electron chi connectivity index (χ4n) is 5.08. The maximum atomic E-state index is 14.8. The number of aryl methyl sites for hydroxylation is 1. The summed E-state index contributed by atoms with van der Waals surface area (Å²) in [6.07, 6.45) is 5.63. The summed E-state index contributed by atoms with van der Waals surface area (Å²) >= 11 is 0. The van der Waals surface area contributed by atoms with E-state index in [0.717, 1.165) is 18.5 Å². The number of piperidine rings is 1. The molecule has 1 amide bonds. The van der Waals surface area contributed by atoms with Gasteiger partial charge in [-0.05, 0) is 68.8 Å². The first-order valence-electron chi connectivity index (χ1n) is 13.1. The number of anilines is 1. The molecule has 2 aromatic carbocycles. The molecule has 2 fully saturated rings. The monoisotopic (exact) mass is 454 g/mol. The van der Waals surface area contributed by atoms with Gasteiger partial charge in [-0.3, -0.25) is 9.59 Å². The van der Waals surface area contributed by atoms with Crippen LogP contribution < -0.4 is 5.32 Å². The zero-order chi connectivity index (χ0) is 24.9. The van der Waals surface area contributed by atoms with E-state index in [-0.39, 0.29) is 19.1 Å². The van der Waals surface area contributed by atoms with Crippen molar-refractivity contribution >= 4 is 17.6 Å². The molecule has 1 aliphatic heterocycles. The van der Waals surface area contributed by atoms with Gasteiger partial charge in [-0.2, -0.15) is 0 Å². The third kappa shape index (κ3) is 5.05. The summed E-state index contributed by atoms with van der Waals surface area (Å²) in [6, 6.07) is 9.66. The SMILES string of the molecule is [2H]Cc1cccc(F)c1C(=O)N1CCC[C@H](C(=O)OCC)[C@@H]1c1ccc(NC2CCCC2)c([2H])c1. The van der Waals surface area contributed by atoms with Gasteiger partial charge in [0.25, 0.3) is 5.91 Å². The van der Waals surface area contributed by atoms with Crippen molar-refractivity contribution in [2.24, 2.45) is 5.92 Å². The van der Waals surface area contributed by atoms with Crippen LogP contribution >= 0.6 is 0 Å². The van der Waals surface area contributed by atoms with Crippen molar-refractivity contribution in [2.45, 2.75) is 64.4 Å². The molecule has 1 heterocycles. The van der Waals surface area contributed by atoms with Gasteiger partial charge < -0.3 is 15.0 Å². The number of nitrogens with zero attached hydrogens (tertiary/aromatic N) is 1. The van der Waals surface area contributed by atoms with Crippen molar-refractivity contribution in [3.63, 3.8) is 0 Å². The predicted octanol–water partition coefficient (Wildman–Crippen LogP) is 5.65. The maximum absolute atomic E-state index is 14.8. The number of benzene rings is 2. The van der Waals surface area contributed by atoms with E-state index in [1.807, 2.05) is 12.1 Å². The largest absolute Gasteiger partial charge is 0.466 e. The minimum atomic E-state index is -0.682. The summed E-state index contributed by atoms with van der Waals surface area (Å²) < 4.78 is 36.5. The second-order valence-electron chi connectivity index (χ2n) is 8.88. The molecule has 1 saturated heterocycles. The zero-order valence-corrected chi connectivity index (χ0v) is 19.1. The lowest BCUT2D eigenvalue weighted by molar-refractivity contribution is -0.151. The van der Waals surface area contributed by atoms with Crippen LogP contribution in [0.2, 0.25) is 0 Å². The average molecular weight is 455 g/mol. The van der Waals surface area contributed by atoms with Gasteiger partial charge in [-0.1, -0.05) is 37.1 Å². The molecule has 0 radical (unpaired) electrons. The second kappa shape index (κ2) is 10.4. The molecular formula is C27H33FN2O3. The van der Waals surface area contributed by atoms with Gasteiger partial charge in [0.2, 0.25) is 0 Å². The Balaban J connectivity index is 1.71. The van der Waals surface area contributed by atoms with Gasteiger partial charge >= 0.3 is 5.97 Å². The van der Waals surface area contributed by atoms with Gasteiger partial charge in [-0.25, -0.2) is 4.39 Å². The highest BCUT2D eigenvalue weighted by atomic mass is 19.1. The van der Waals surface area contributed by atoms with Gasteiger partial charge in [0, 0.05) is 19.6 Å². The van der Waals surface area contributed by atoms with Crippen LogP contribution in [-0.2, 0) is 9.53 Å². The van der Waals surface area contributed by atoms with Crippen molar-refractivity contribution in [3.8, 4) is 0 Å². The molecule has 0 bridgehead atoms. The van der Waals surface area contributed by atoms with Gasteiger partial charge in [-0.15, -0.1) is 0 Å². The first-order chi connectivity index (χ1) is 16.9. The fraction of sp³-hybridized carbons (Fsp3) is 0.481. The molecular weight excluding hydrogens is 419 g/mol. The van der Waals surface area contributed by atoms with Crippen LogP contribution in [-0.4, -0.2) is 36.0 Å². The smallest absolute Gasteiger partial charge is 0.311 e. The molecule has 0 unspecified atom stereocenters. The number of ether oxygens (including phenoxy) is 1. The third-order valence-electron chi connectivity index (χ3n) is 6.69. The first kappa shape index (κ1) is 20.7. The van der Waals surface area contributed by atoms with Crippen LogP contribution in [0.5, 0.6) is 0 Å². The fourth-order valence-corrected chi connectivity index (χ4v) is 5.08. The lowest BCUT2D eigenvalue weighted by Gasteiger charge is -2.41. The minimum absolute atomic E-state index is 0.123. The normalized spacial score (nSPS) is 21.9. The standard InChI is InChI=1S/C27H33FN2O3/c1-3-33-27(32)22-11-7-17-30(26(31)24-18(2)8-6-12-23(24)28)25(22)19-13-15-21(16-14-19)29-20-9-4-5-10-20/h6,8,12-16,20,22,25,29H,3-5,7,9-11,17H2,1-2H3/t22-,25-/m0/s1/i2D,15D. The Kier molecular flexibility index (Phi) is 6.50. The molecule has 1 N–H and O–H groups in total. The number of carbonyl (C=O) groups excluding carboxylic acids is 2. The number of nitrogens with one attached hydrogen (secondary N) is 1. The maximum Gasteiger partial charge on any atom is 0.311 e. The van der Waals surface area contributed by atoms with Crippen molar-refractivity contribution in [1.82, 2.24) is 4.90 Å². The van der Waals surface area contributed by atoms with E-state index in [0.29, 0.717) is 42.6 Å². The summed E-state index contributed by atoms with van der Waals surface area (Å²) in [5, 5.41) is 3.45. The quantitative estimate of drug-likeness (QED) is 0.574. The average Bonchev–Trinajstić information content (AvgIpc) is 3.37. The molecule has 33 heavy (non-hydrogen) atoms. The molecule has 2 atom stereocenters. The Hall–Kier alpha value is -2.89. The molecule has 2 aliphatic rings. The number of amides is 1. The number of halogens is 1. The van der Waals surface area contributed by atoms with E-state index in [9.17, 15) is 14.0 Å². The lowest BCUT2D eigenvalue weighted by Crippen LogP contribution is -2.46. The molecule has 5 nitrogen and oxygen atoms in total. The molecule has 2 aromatic rings. The zero-order valence-electron chi connectivity index (χ0n) is 21.1. The number of carbonyl (C=O) groups is 2. The van der Waals surface area contributed by atoms with Crippen LogP contribution in [0.15, 0.2) is 42.4 Å². The second-order valence-corrected chi connectivity index (χ2v) is 8.88. The van der Waals surface area contributed by atoms with Gasteiger partial charge in [0.15, 0.2) is 0 Å². The molecule has 176 valence electrons. The Bertz CT molecular complexity index is 1070. The van der Waals surface area contributed by atoms with Crippen LogP contribution in [0, 0.1) is 18.6 Å². The summed E-state index contributed by atoms with van der Waals surface area (Å²) in [4.78, 5) is 28.1. The highest BCUT2D eigenvalue weighted by Crippen LogP contribution is 2.39. The predicted molar refractivity (Wildman–Crippen MR) is 127 cm³/mol. The number of rotatable bonds is 6. The molecule has 1 saturated carbocycles. The molecule has 0 spiro atoms. The topological polar surface area (TPSA) is 58.6 Å². The van der Waals surface area contributed by atoms with Crippen LogP contribution in [0.1, 0.15) is 75.7 Å². The summed E-state index contributed by atoms with van der Waals surface area (Å²) in [7, 11) is 0. The van der Waals surface area contributed by atoms with E-state index < -0.39 is 29.7 Å². The van der Waals surface area contributed by atoms with E-state index in [4.69, 9.17) is 7.48 Å². The Labute approximate surface area is 198 Å².